The van der Waals surface area contributed by atoms with Crippen LogP contribution in [0.25, 0.3) is 22.6 Å². The summed E-state index contributed by atoms with van der Waals surface area (Å²) in [4.78, 5) is 8.83. The number of aryl methyl sites for hydroxylation is 1. The Balaban J connectivity index is 2.27. The lowest BCUT2D eigenvalue weighted by atomic mass is 10.3. The summed E-state index contributed by atoms with van der Waals surface area (Å²) in [5.41, 5.74) is 8.31. The highest BCUT2D eigenvalue weighted by Gasteiger charge is 2.11. The average Bonchev–Trinajstić information content (AvgIpc) is 2.66. The van der Waals surface area contributed by atoms with Crippen molar-refractivity contribution in [3.05, 3.63) is 41.4 Å². The standard InChI is InChI=1S/C13H11ClN4/c1-18-11-6-5-8(14)7-10(11)17-13(18)9-3-2-4-12(15)16-9/h2-7H,1H3,(H2,15,16). The molecule has 0 saturated heterocycles. The van der Waals surface area contributed by atoms with Crippen molar-refractivity contribution in [3.8, 4) is 11.5 Å². The number of nitrogens with two attached hydrogens (primary N) is 1. The molecular weight excluding hydrogens is 248 g/mol. The summed E-state index contributed by atoms with van der Waals surface area (Å²) in [7, 11) is 1.95. The summed E-state index contributed by atoms with van der Waals surface area (Å²) < 4.78 is 1.98. The van der Waals surface area contributed by atoms with Gasteiger partial charge in [0.05, 0.1) is 11.0 Å². The SMILES string of the molecule is Cn1c(-c2cccc(N)n2)nc2cc(Cl)ccc21. The second-order valence-corrected chi connectivity index (χ2v) is 4.51. The molecule has 2 aromatic heterocycles. The van der Waals surface area contributed by atoms with Gasteiger partial charge in [-0.25, -0.2) is 9.97 Å². The van der Waals surface area contributed by atoms with E-state index in [0.717, 1.165) is 22.6 Å². The fourth-order valence-corrected chi connectivity index (χ4v) is 2.14. The number of benzene rings is 1. The second-order valence-electron chi connectivity index (χ2n) is 4.08. The van der Waals surface area contributed by atoms with Gasteiger partial charge in [-0.2, -0.15) is 0 Å². The molecule has 0 aliphatic carbocycles. The molecule has 3 rings (SSSR count). The Kier molecular flexibility index (Phi) is 2.45. The minimum atomic E-state index is 0.484. The zero-order valence-electron chi connectivity index (χ0n) is 9.76. The summed E-state index contributed by atoms with van der Waals surface area (Å²) >= 11 is 5.97. The third kappa shape index (κ3) is 1.71. The number of aromatic nitrogens is 3. The molecule has 4 nitrogen and oxygen atoms in total. The molecule has 0 aliphatic heterocycles. The molecule has 0 atom stereocenters. The number of hydrogen-bond donors (Lipinski definition) is 1. The van der Waals surface area contributed by atoms with Crippen LogP contribution < -0.4 is 5.73 Å². The first kappa shape index (κ1) is 11.0. The number of pyridine rings is 1. The summed E-state index contributed by atoms with van der Waals surface area (Å²) in [6.45, 7) is 0. The van der Waals surface area contributed by atoms with Gasteiger partial charge in [0.25, 0.3) is 0 Å². The van der Waals surface area contributed by atoms with Crippen LogP contribution in [0, 0.1) is 0 Å². The van der Waals surface area contributed by atoms with Crippen LogP contribution in [0.15, 0.2) is 36.4 Å². The highest BCUT2D eigenvalue weighted by atomic mass is 35.5. The predicted octanol–water partition coefficient (Wildman–Crippen LogP) is 2.87. The van der Waals surface area contributed by atoms with Gasteiger partial charge >= 0.3 is 0 Å². The molecule has 0 amide bonds. The van der Waals surface area contributed by atoms with Crippen LogP contribution in [-0.2, 0) is 7.05 Å². The molecule has 2 heterocycles. The molecule has 5 heteroatoms. The van der Waals surface area contributed by atoms with Crippen LogP contribution in [0.3, 0.4) is 0 Å². The number of imidazole rings is 1. The molecule has 0 unspecified atom stereocenters. The van der Waals surface area contributed by atoms with Gasteiger partial charge in [0.15, 0.2) is 5.82 Å². The number of rotatable bonds is 1. The van der Waals surface area contributed by atoms with Gasteiger partial charge in [-0.3, -0.25) is 0 Å². The van der Waals surface area contributed by atoms with Crippen LogP contribution in [-0.4, -0.2) is 14.5 Å². The molecule has 0 bridgehead atoms. The topological polar surface area (TPSA) is 56.7 Å². The Labute approximate surface area is 109 Å². The number of nitrogens with zero attached hydrogens (tertiary/aromatic N) is 3. The average molecular weight is 259 g/mol. The van der Waals surface area contributed by atoms with Crippen molar-refractivity contribution >= 4 is 28.5 Å². The smallest absolute Gasteiger partial charge is 0.159 e. The molecule has 18 heavy (non-hydrogen) atoms. The van der Waals surface area contributed by atoms with Gasteiger partial charge in [-0.05, 0) is 30.3 Å². The van der Waals surface area contributed by atoms with E-state index in [1.165, 1.54) is 0 Å². The van der Waals surface area contributed by atoms with E-state index in [2.05, 4.69) is 9.97 Å². The van der Waals surface area contributed by atoms with Gasteiger partial charge in [0.1, 0.15) is 11.5 Å². The molecule has 0 fully saturated rings. The zero-order valence-corrected chi connectivity index (χ0v) is 10.5. The lowest BCUT2D eigenvalue weighted by Gasteiger charge is -2.02. The molecule has 90 valence electrons. The van der Waals surface area contributed by atoms with E-state index in [-0.39, 0.29) is 0 Å². The van der Waals surface area contributed by atoms with E-state index >= 15 is 0 Å². The fourth-order valence-electron chi connectivity index (χ4n) is 1.98. The van der Waals surface area contributed by atoms with Crippen molar-refractivity contribution < 1.29 is 0 Å². The third-order valence-electron chi connectivity index (χ3n) is 2.84. The monoisotopic (exact) mass is 258 g/mol. The van der Waals surface area contributed by atoms with Crippen molar-refractivity contribution in [2.24, 2.45) is 7.05 Å². The molecule has 1 aromatic carbocycles. The Morgan fingerprint density at radius 2 is 2.00 bits per heavy atom. The molecule has 0 saturated carbocycles. The van der Waals surface area contributed by atoms with Gasteiger partial charge in [0.2, 0.25) is 0 Å². The van der Waals surface area contributed by atoms with Gasteiger partial charge in [-0.1, -0.05) is 17.7 Å². The maximum atomic E-state index is 5.97. The van der Waals surface area contributed by atoms with Crippen LogP contribution in [0.1, 0.15) is 0 Å². The minimum absolute atomic E-state index is 0.484. The molecule has 0 aliphatic rings. The number of fused-ring (bicyclic) bond motifs is 1. The summed E-state index contributed by atoms with van der Waals surface area (Å²) in [5.74, 6) is 1.26. The summed E-state index contributed by atoms with van der Waals surface area (Å²) in [6, 6.07) is 11.1. The Morgan fingerprint density at radius 1 is 1.17 bits per heavy atom. The van der Waals surface area contributed by atoms with E-state index in [1.54, 1.807) is 6.07 Å². The van der Waals surface area contributed by atoms with E-state index in [9.17, 15) is 0 Å². The van der Waals surface area contributed by atoms with Crippen molar-refractivity contribution in [3.63, 3.8) is 0 Å². The highest BCUT2D eigenvalue weighted by Crippen LogP contribution is 2.24. The largest absolute Gasteiger partial charge is 0.384 e. The van der Waals surface area contributed by atoms with Crippen LogP contribution in [0.5, 0.6) is 0 Å². The van der Waals surface area contributed by atoms with E-state index in [0.29, 0.717) is 10.8 Å². The van der Waals surface area contributed by atoms with Crippen LogP contribution >= 0.6 is 11.6 Å². The molecule has 2 N–H and O–H groups in total. The lowest BCUT2D eigenvalue weighted by Crippen LogP contribution is -1.97. The first-order valence-electron chi connectivity index (χ1n) is 5.50. The number of halogens is 1. The van der Waals surface area contributed by atoms with Crippen molar-refractivity contribution in [2.45, 2.75) is 0 Å². The van der Waals surface area contributed by atoms with Gasteiger partial charge in [0, 0.05) is 12.1 Å². The maximum absolute atomic E-state index is 5.97. The molecule has 0 spiro atoms. The molecule has 0 radical (unpaired) electrons. The van der Waals surface area contributed by atoms with E-state index in [4.69, 9.17) is 17.3 Å². The zero-order chi connectivity index (χ0) is 12.7. The summed E-state index contributed by atoms with van der Waals surface area (Å²) in [6.07, 6.45) is 0. The number of hydrogen-bond acceptors (Lipinski definition) is 3. The summed E-state index contributed by atoms with van der Waals surface area (Å²) in [5, 5.41) is 0.674. The fraction of sp³-hybridized carbons (Fsp3) is 0.0769. The normalized spacial score (nSPS) is 11.0. The highest BCUT2D eigenvalue weighted by molar-refractivity contribution is 6.31. The van der Waals surface area contributed by atoms with Gasteiger partial charge < -0.3 is 10.3 Å². The van der Waals surface area contributed by atoms with Gasteiger partial charge in [-0.15, -0.1) is 0 Å². The number of nitrogen functional groups attached to an aromatic ring is 1. The first-order valence-corrected chi connectivity index (χ1v) is 5.88. The number of anilines is 1. The van der Waals surface area contributed by atoms with Crippen LogP contribution in [0.2, 0.25) is 5.02 Å². The Morgan fingerprint density at radius 3 is 2.78 bits per heavy atom. The quantitative estimate of drug-likeness (QED) is 0.730. The molecular formula is C13H11ClN4. The first-order chi connectivity index (χ1) is 8.65. The Bertz CT molecular complexity index is 733. The third-order valence-corrected chi connectivity index (χ3v) is 3.08. The molecule has 3 aromatic rings. The Hall–Kier alpha value is -2.07. The maximum Gasteiger partial charge on any atom is 0.159 e. The second kappa shape index (κ2) is 3.99. The van der Waals surface area contributed by atoms with E-state index < -0.39 is 0 Å². The van der Waals surface area contributed by atoms with Crippen molar-refractivity contribution in [2.75, 3.05) is 5.73 Å². The predicted molar refractivity (Wildman–Crippen MR) is 73.4 cm³/mol. The van der Waals surface area contributed by atoms with Crippen molar-refractivity contribution in [1.82, 2.24) is 14.5 Å². The minimum Gasteiger partial charge on any atom is -0.384 e. The lowest BCUT2D eigenvalue weighted by molar-refractivity contribution is 0.951. The van der Waals surface area contributed by atoms with Crippen molar-refractivity contribution in [1.29, 1.82) is 0 Å². The van der Waals surface area contributed by atoms with Crippen LogP contribution in [0.4, 0.5) is 5.82 Å². The van der Waals surface area contributed by atoms with E-state index in [1.807, 2.05) is 41.9 Å².